The third-order valence-corrected chi connectivity index (χ3v) is 5.91. The molecule has 1 saturated heterocycles. The first-order chi connectivity index (χ1) is 15.6. The monoisotopic (exact) mass is 427 g/mol. The third-order valence-electron chi connectivity index (χ3n) is 5.91. The van der Waals surface area contributed by atoms with Crippen LogP contribution in [0.25, 0.3) is 0 Å². The maximum atomic E-state index is 12.7. The highest BCUT2D eigenvalue weighted by atomic mass is 16.2. The van der Waals surface area contributed by atoms with E-state index in [2.05, 4.69) is 33.3 Å². The van der Waals surface area contributed by atoms with Gasteiger partial charge in [-0.2, -0.15) is 0 Å². The van der Waals surface area contributed by atoms with E-state index >= 15 is 0 Å². The number of Topliss-reactive ketones (excluding diaryl/α,β-unsaturated/α-hetero) is 1. The molecule has 1 amide bonds. The average molecular weight is 428 g/mol. The number of piperazine rings is 1. The Morgan fingerprint density at radius 1 is 0.812 bits per heavy atom. The molecule has 0 spiro atoms. The molecular weight excluding hydrogens is 398 g/mol. The minimum Gasteiger partial charge on any atom is -0.369 e. The number of carbonyl (C=O) groups excluding carboxylic acids is 2. The number of hydrogen-bond donors (Lipinski definition) is 1. The molecule has 0 unspecified atom stereocenters. The first-order valence-electron chi connectivity index (χ1n) is 11.1. The zero-order valence-electron chi connectivity index (χ0n) is 18.5. The normalized spacial score (nSPS) is 14.2. The first kappa shape index (κ1) is 21.8. The predicted molar refractivity (Wildman–Crippen MR) is 129 cm³/mol. The number of nitrogens with one attached hydrogen (secondary N) is 1. The lowest BCUT2D eigenvalue weighted by Gasteiger charge is -2.35. The molecule has 4 rings (SSSR count). The summed E-state index contributed by atoms with van der Waals surface area (Å²) >= 11 is 0. The summed E-state index contributed by atoms with van der Waals surface area (Å²) in [6, 6.07) is 26.1. The number of ketones is 1. The van der Waals surface area contributed by atoms with Crippen LogP contribution in [-0.4, -0.2) is 49.3 Å². The van der Waals surface area contributed by atoms with Crippen molar-refractivity contribution in [2.45, 2.75) is 13.3 Å². The lowest BCUT2D eigenvalue weighted by molar-refractivity contribution is -0.117. The molecular formula is C27H29N3O2. The molecule has 1 N–H and O–H groups in total. The smallest absolute Gasteiger partial charge is 0.238 e. The summed E-state index contributed by atoms with van der Waals surface area (Å²) in [5.41, 5.74) is 5.07. The van der Waals surface area contributed by atoms with Gasteiger partial charge in [0.25, 0.3) is 0 Å². The zero-order chi connectivity index (χ0) is 22.3. The fourth-order valence-electron chi connectivity index (χ4n) is 4.08. The van der Waals surface area contributed by atoms with Gasteiger partial charge in [0.05, 0.1) is 6.54 Å². The topological polar surface area (TPSA) is 52.7 Å². The molecule has 0 radical (unpaired) electrons. The Labute approximate surface area is 189 Å². The van der Waals surface area contributed by atoms with Crippen LogP contribution in [0.2, 0.25) is 0 Å². The Kier molecular flexibility index (Phi) is 6.97. The lowest BCUT2D eigenvalue weighted by Crippen LogP contribution is -2.48. The highest BCUT2D eigenvalue weighted by Crippen LogP contribution is 2.20. The van der Waals surface area contributed by atoms with Crippen molar-refractivity contribution in [3.63, 3.8) is 0 Å². The molecule has 32 heavy (non-hydrogen) atoms. The number of amides is 1. The van der Waals surface area contributed by atoms with Gasteiger partial charge in [0, 0.05) is 43.1 Å². The van der Waals surface area contributed by atoms with E-state index in [-0.39, 0.29) is 11.7 Å². The highest BCUT2D eigenvalue weighted by molar-refractivity contribution is 5.94. The van der Waals surface area contributed by atoms with Crippen molar-refractivity contribution >= 4 is 23.1 Å². The van der Waals surface area contributed by atoms with Gasteiger partial charge in [-0.05, 0) is 54.8 Å². The number of rotatable bonds is 7. The summed E-state index contributed by atoms with van der Waals surface area (Å²) in [4.78, 5) is 28.7. The maximum absolute atomic E-state index is 12.7. The van der Waals surface area contributed by atoms with Gasteiger partial charge in [-0.15, -0.1) is 0 Å². The van der Waals surface area contributed by atoms with Gasteiger partial charge in [0.1, 0.15) is 0 Å². The maximum Gasteiger partial charge on any atom is 0.238 e. The number of anilines is 2. The van der Waals surface area contributed by atoms with Crippen molar-refractivity contribution in [1.82, 2.24) is 4.90 Å². The second-order valence-electron chi connectivity index (χ2n) is 8.23. The van der Waals surface area contributed by atoms with E-state index in [1.54, 1.807) is 6.92 Å². The Morgan fingerprint density at radius 2 is 1.47 bits per heavy atom. The van der Waals surface area contributed by atoms with Crippen molar-refractivity contribution in [1.29, 1.82) is 0 Å². The van der Waals surface area contributed by atoms with Gasteiger partial charge in [-0.1, -0.05) is 48.5 Å². The molecule has 0 aliphatic carbocycles. The van der Waals surface area contributed by atoms with E-state index in [1.807, 2.05) is 60.7 Å². The van der Waals surface area contributed by atoms with Crippen molar-refractivity contribution in [2.24, 2.45) is 0 Å². The van der Waals surface area contributed by atoms with Crippen LogP contribution in [0, 0.1) is 0 Å². The van der Waals surface area contributed by atoms with Crippen molar-refractivity contribution in [2.75, 3.05) is 42.9 Å². The van der Waals surface area contributed by atoms with Crippen molar-refractivity contribution in [3.8, 4) is 0 Å². The Hall–Kier alpha value is -3.44. The third kappa shape index (κ3) is 5.62. The molecule has 0 atom stereocenters. The number of benzene rings is 3. The number of carbonyl (C=O) groups is 2. The summed E-state index contributed by atoms with van der Waals surface area (Å²) in [6.07, 6.45) is 0.790. The van der Waals surface area contributed by atoms with Gasteiger partial charge < -0.3 is 10.2 Å². The number of hydrogen-bond acceptors (Lipinski definition) is 4. The lowest BCUT2D eigenvalue weighted by atomic mass is 10.0. The second kappa shape index (κ2) is 10.2. The van der Waals surface area contributed by atoms with E-state index < -0.39 is 0 Å². The Morgan fingerprint density at radius 3 is 2.16 bits per heavy atom. The number of nitrogens with zero attached hydrogens (tertiary/aromatic N) is 2. The molecule has 1 aliphatic rings. The van der Waals surface area contributed by atoms with Crippen molar-refractivity contribution in [3.05, 3.63) is 95.6 Å². The molecule has 5 heteroatoms. The minimum atomic E-state index is 0.0183. The van der Waals surface area contributed by atoms with Gasteiger partial charge >= 0.3 is 0 Å². The molecule has 0 bridgehead atoms. The summed E-state index contributed by atoms with van der Waals surface area (Å²) < 4.78 is 0. The average Bonchev–Trinajstić information content (AvgIpc) is 2.81. The summed E-state index contributed by atoms with van der Waals surface area (Å²) in [6.45, 7) is 5.34. The Balaban J connectivity index is 1.30. The molecule has 1 fully saturated rings. The standard InChI is InChI=1S/C27H29N3O2/c1-21(31)23-11-13-25(14-12-23)30-17-15-29(16-18-30)20-27(32)28-26-10-6-5-9-24(26)19-22-7-3-2-4-8-22/h2-14H,15-20H2,1H3,(H,28,32). The molecule has 5 nitrogen and oxygen atoms in total. The van der Waals surface area contributed by atoms with Crippen LogP contribution in [-0.2, 0) is 11.2 Å². The van der Waals surface area contributed by atoms with E-state index in [0.29, 0.717) is 6.54 Å². The van der Waals surface area contributed by atoms with Gasteiger partial charge in [0.15, 0.2) is 5.78 Å². The van der Waals surface area contributed by atoms with Crippen LogP contribution in [0.3, 0.4) is 0 Å². The number of para-hydroxylation sites is 1. The van der Waals surface area contributed by atoms with Gasteiger partial charge in [-0.3, -0.25) is 14.5 Å². The largest absolute Gasteiger partial charge is 0.369 e. The molecule has 3 aromatic rings. The van der Waals surface area contributed by atoms with E-state index in [4.69, 9.17) is 0 Å². The molecule has 1 aliphatic heterocycles. The van der Waals surface area contributed by atoms with Crippen LogP contribution in [0.4, 0.5) is 11.4 Å². The molecule has 0 saturated carbocycles. The SMILES string of the molecule is CC(=O)c1ccc(N2CCN(CC(=O)Nc3ccccc3Cc3ccccc3)CC2)cc1. The van der Waals surface area contributed by atoms with Crippen LogP contribution in [0.15, 0.2) is 78.9 Å². The molecule has 1 heterocycles. The van der Waals surface area contributed by atoms with E-state index in [1.165, 1.54) is 5.56 Å². The van der Waals surface area contributed by atoms with Crippen LogP contribution >= 0.6 is 0 Å². The second-order valence-corrected chi connectivity index (χ2v) is 8.23. The minimum absolute atomic E-state index is 0.0183. The molecule has 164 valence electrons. The van der Waals surface area contributed by atoms with Gasteiger partial charge in [0.2, 0.25) is 5.91 Å². The zero-order valence-corrected chi connectivity index (χ0v) is 18.5. The van der Waals surface area contributed by atoms with Crippen molar-refractivity contribution < 1.29 is 9.59 Å². The van der Waals surface area contributed by atoms with Crippen LogP contribution in [0.5, 0.6) is 0 Å². The van der Waals surface area contributed by atoms with Crippen LogP contribution in [0.1, 0.15) is 28.4 Å². The highest BCUT2D eigenvalue weighted by Gasteiger charge is 2.20. The predicted octanol–water partition coefficient (Wildman–Crippen LogP) is 4.24. The van der Waals surface area contributed by atoms with Gasteiger partial charge in [-0.25, -0.2) is 0 Å². The van der Waals surface area contributed by atoms with E-state index in [9.17, 15) is 9.59 Å². The summed E-state index contributed by atoms with van der Waals surface area (Å²) in [5, 5.41) is 3.11. The first-order valence-corrected chi connectivity index (χ1v) is 11.1. The fourth-order valence-corrected chi connectivity index (χ4v) is 4.08. The molecule has 0 aromatic heterocycles. The summed E-state index contributed by atoms with van der Waals surface area (Å²) in [7, 11) is 0. The quantitative estimate of drug-likeness (QED) is 0.573. The molecule has 3 aromatic carbocycles. The van der Waals surface area contributed by atoms with Crippen LogP contribution < -0.4 is 10.2 Å². The van der Waals surface area contributed by atoms with E-state index in [0.717, 1.165) is 55.1 Å². The summed E-state index contributed by atoms with van der Waals surface area (Å²) in [5.74, 6) is 0.0995. The Bertz CT molecular complexity index is 1060. The fraction of sp³-hybridized carbons (Fsp3) is 0.259.